The monoisotopic (exact) mass is 313 g/mol. The second-order valence-electron chi connectivity index (χ2n) is 6.22. The lowest BCUT2D eigenvalue weighted by molar-refractivity contribution is 0.0580. The van der Waals surface area contributed by atoms with Crippen LogP contribution in [0.1, 0.15) is 25.7 Å². The molecule has 2 amide bonds. The molecule has 120 valence electrons. The van der Waals surface area contributed by atoms with Gasteiger partial charge in [-0.15, -0.1) is 0 Å². The molecule has 2 bridgehead atoms. The number of carbonyl (C=O) groups is 1. The summed E-state index contributed by atoms with van der Waals surface area (Å²) in [5.41, 5.74) is 2.06. The Bertz CT molecular complexity index is 688. The predicted molar refractivity (Wildman–Crippen MR) is 84.7 cm³/mol. The van der Waals surface area contributed by atoms with Crippen LogP contribution in [0.3, 0.4) is 0 Å². The summed E-state index contributed by atoms with van der Waals surface area (Å²) in [7, 11) is 0. The molecule has 0 saturated carbocycles. The minimum Gasteiger partial charge on any atom is -0.393 e. The fraction of sp³-hybridized carbons (Fsp3) is 0.438. The van der Waals surface area contributed by atoms with E-state index in [9.17, 15) is 9.90 Å². The fourth-order valence-corrected chi connectivity index (χ4v) is 3.75. The topological polar surface area (TPSA) is 94.1 Å². The number of rotatable bonds is 2. The van der Waals surface area contributed by atoms with E-state index in [-0.39, 0.29) is 24.2 Å². The Hall–Kier alpha value is -2.41. The molecule has 0 radical (unpaired) electrons. The maximum Gasteiger partial charge on any atom is 0.322 e. The van der Waals surface area contributed by atoms with Gasteiger partial charge in [-0.05, 0) is 37.8 Å². The van der Waals surface area contributed by atoms with Gasteiger partial charge in [-0.2, -0.15) is 5.10 Å². The van der Waals surface area contributed by atoms with E-state index >= 15 is 0 Å². The molecule has 4 heterocycles. The molecule has 0 spiro atoms. The first kappa shape index (κ1) is 14.2. The number of aromatic nitrogens is 3. The molecule has 1 unspecified atom stereocenters. The minimum absolute atomic E-state index is 0.122. The highest BCUT2D eigenvalue weighted by Crippen LogP contribution is 2.36. The van der Waals surface area contributed by atoms with E-state index in [2.05, 4.69) is 20.5 Å². The van der Waals surface area contributed by atoms with Crippen molar-refractivity contribution in [1.29, 1.82) is 0 Å². The lowest BCUT2D eigenvalue weighted by Gasteiger charge is -2.37. The zero-order valence-electron chi connectivity index (χ0n) is 12.6. The predicted octanol–water partition coefficient (Wildman–Crippen LogP) is 1.99. The molecule has 23 heavy (non-hydrogen) atoms. The van der Waals surface area contributed by atoms with Gasteiger partial charge in [0.25, 0.3) is 0 Å². The zero-order valence-corrected chi connectivity index (χ0v) is 12.6. The fourth-order valence-electron chi connectivity index (χ4n) is 3.75. The number of aliphatic hydroxyl groups is 1. The standard InChI is InChI=1S/C16H19N5O2/c22-12-7-10-4-5-11(8-12)21(10)16(23)19-14-9-18-20-15(14)13-3-1-2-6-17-13/h1-3,6,9-12,22H,4-5,7-8H2,(H,18,20)(H,19,23)/t10-,11+,12?. The lowest BCUT2D eigenvalue weighted by Crippen LogP contribution is -2.49. The number of aliphatic hydroxyl groups excluding tert-OH is 1. The van der Waals surface area contributed by atoms with Gasteiger partial charge >= 0.3 is 6.03 Å². The van der Waals surface area contributed by atoms with E-state index < -0.39 is 0 Å². The number of anilines is 1. The highest BCUT2D eigenvalue weighted by atomic mass is 16.3. The van der Waals surface area contributed by atoms with Crippen molar-refractivity contribution in [3.8, 4) is 11.4 Å². The van der Waals surface area contributed by atoms with Crippen molar-refractivity contribution in [3.63, 3.8) is 0 Å². The third kappa shape index (κ3) is 2.57. The molecule has 3 atom stereocenters. The molecule has 2 saturated heterocycles. The van der Waals surface area contributed by atoms with Crippen molar-refractivity contribution in [2.45, 2.75) is 43.9 Å². The number of urea groups is 1. The average Bonchev–Trinajstić information content (AvgIpc) is 3.11. The number of hydrogen-bond donors (Lipinski definition) is 3. The van der Waals surface area contributed by atoms with Crippen LogP contribution in [0.4, 0.5) is 10.5 Å². The molecule has 4 rings (SSSR count). The van der Waals surface area contributed by atoms with Crippen molar-refractivity contribution in [2.75, 3.05) is 5.32 Å². The number of carbonyl (C=O) groups excluding carboxylic acids is 1. The zero-order chi connectivity index (χ0) is 15.8. The number of nitrogens with one attached hydrogen (secondary N) is 2. The van der Waals surface area contributed by atoms with Crippen LogP contribution in [-0.2, 0) is 0 Å². The molecule has 3 N–H and O–H groups in total. The molecule has 2 aliphatic rings. The van der Waals surface area contributed by atoms with Crippen LogP contribution in [0.15, 0.2) is 30.6 Å². The number of fused-ring (bicyclic) bond motifs is 2. The maximum absolute atomic E-state index is 12.7. The second-order valence-corrected chi connectivity index (χ2v) is 6.22. The number of amides is 2. The molecule has 0 aromatic carbocycles. The molecular formula is C16H19N5O2. The van der Waals surface area contributed by atoms with E-state index in [0.717, 1.165) is 18.5 Å². The van der Waals surface area contributed by atoms with Crippen molar-refractivity contribution >= 4 is 11.7 Å². The van der Waals surface area contributed by atoms with E-state index in [1.807, 2.05) is 23.1 Å². The van der Waals surface area contributed by atoms with E-state index in [1.165, 1.54) is 0 Å². The second kappa shape index (κ2) is 5.66. The third-order valence-corrected chi connectivity index (χ3v) is 4.74. The molecule has 2 aromatic rings. The third-order valence-electron chi connectivity index (χ3n) is 4.74. The maximum atomic E-state index is 12.7. The van der Waals surface area contributed by atoms with Crippen molar-refractivity contribution in [2.24, 2.45) is 0 Å². The van der Waals surface area contributed by atoms with Crippen LogP contribution in [0.5, 0.6) is 0 Å². The van der Waals surface area contributed by atoms with Gasteiger partial charge in [0.05, 0.1) is 23.7 Å². The Morgan fingerprint density at radius 3 is 2.78 bits per heavy atom. The Morgan fingerprint density at radius 1 is 1.30 bits per heavy atom. The number of hydrogen-bond acceptors (Lipinski definition) is 4. The number of aromatic amines is 1. The Morgan fingerprint density at radius 2 is 2.09 bits per heavy atom. The van der Waals surface area contributed by atoms with Gasteiger partial charge in [0.1, 0.15) is 5.69 Å². The summed E-state index contributed by atoms with van der Waals surface area (Å²) in [6.07, 6.45) is 6.29. The largest absolute Gasteiger partial charge is 0.393 e. The number of pyridine rings is 1. The van der Waals surface area contributed by atoms with Gasteiger partial charge in [0, 0.05) is 18.3 Å². The van der Waals surface area contributed by atoms with Gasteiger partial charge in [-0.1, -0.05) is 6.07 Å². The smallest absolute Gasteiger partial charge is 0.322 e. The van der Waals surface area contributed by atoms with Gasteiger partial charge in [0.2, 0.25) is 0 Å². The van der Waals surface area contributed by atoms with Crippen LogP contribution in [0, 0.1) is 0 Å². The summed E-state index contributed by atoms with van der Waals surface area (Å²) in [5, 5.41) is 19.7. The number of nitrogens with zero attached hydrogens (tertiary/aromatic N) is 3. The Labute approximate surface area is 133 Å². The van der Waals surface area contributed by atoms with Crippen LogP contribution < -0.4 is 5.32 Å². The van der Waals surface area contributed by atoms with E-state index in [1.54, 1.807) is 12.4 Å². The summed E-state index contributed by atoms with van der Waals surface area (Å²) in [6, 6.07) is 5.74. The molecular weight excluding hydrogens is 294 g/mol. The minimum atomic E-state index is -0.283. The Balaban J connectivity index is 1.54. The van der Waals surface area contributed by atoms with Crippen molar-refractivity contribution in [1.82, 2.24) is 20.1 Å². The molecule has 2 fully saturated rings. The number of piperidine rings is 1. The summed E-state index contributed by atoms with van der Waals surface area (Å²) in [4.78, 5) is 18.9. The first-order valence-electron chi connectivity index (χ1n) is 7.94. The van der Waals surface area contributed by atoms with Crippen molar-refractivity contribution in [3.05, 3.63) is 30.6 Å². The van der Waals surface area contributed by atoms with Crippen molar-refractivity contribution < 1.29 is 9.90 Å². The van der Waals surface area contributed by atoms with Gasteiger partial charge < -0.3 is 15.3 Å². The van der Waals surface area contributed by atoms with Gasteiger partial charge in [-0.3, -0.25) is 10.1 Å². The first-order valence-corrected chi connectivity index (χ1v) is 7.94. The molecule has 7 nitrogen and oxygen atoms in total. The van der Waals surface area contributed by atoms with Crippen LogP contribution in [0.25, 0.3) is 11.4 Å². The SMILES string of the molecule is O=C(Nc1cn[nH]c1-c1ccccn1)N1[C@@H]2CC[C@H]1CC(O)C2. The Kier molecular flexibility index (Phi) is 3.49. The summed E-state index contributed by atoms with van der Waals surface area (Å²) < 4.78 is 0. The molecule has 7 heteroatoms. The summed E-state index contributed by atoms with van der Waals surface area (Å²) in [6.45, 7) is 0. The first-order chi connectivity index (χ1) is 11.2. The highest BCUT2D eigenvalue weighted by Gasteiger charge is 2.42. The summed E-state index contributed by atoms with van der Waals surface area (Å²) >= 11 is 0. The summed E-state index contributed by atoms with van der Waals surface area (Å²) in [5.74, 6) is 0. The van der Waals surface area contributed by atoms with Crippen LogP contribution in [-0.4, -0.2) is 49.4 Å². The lowest BCUT2D eigenvalue weighted by atomic mass is 10.0. The normalized spacial score (nSPS) is 26.3. The average molecular weight is 313 g/mol. The molecule has 0 aliphatic carbocycles. The molecule has 2 aliphatic heterocycles. The van der Waals surface area contributed by atoms with Crippen LogP contribution >= 0.6 is 0 Å². The van der Waals surface area contributed by atoms with E-state index in [4.69, 9.17) is 0 Å². The quantitative estimate of drug-likeness (QED) is 0.790. The van der Waals surface area contributed by atoms with Gasteiger partial charge in [-0.25, -0.2) is 4.79 Å². The van der Waals surface area contributed by atoms with Gasteiger partial charge in [0.15, 0.2) is 0 Å². The van der Waals surface area contributed by atoms with Crippen LogP contribution in [0.2, 0.25) is 0 Å². The number of H-pyrrole nitrogens is 1. The molecule has 2 aromatic heterocycles. The van der Waals surface area contributed by atoms with E-state index in [0.29, 0.717) is 24.2 Å². The highest BCUT2D eigenvalue weighted by molar-refractivity contribution is 5.93.